The molecule has 3 rings (SSSR count). The Bertz CT molecular complexity index is 829. The second kappa shape index (κ2) is 6.70. The van der Waals surface area contributed by atoms with Crippen molar-refractivity contribution in [1.82, 2.24) is 9.88 Å². The third-order valence-electron chi connectivity index (χ3n) is 4.29. The summed E-state index contributed by atoms with van der Waals surface area (Å²) >= 11 is 0.796. The van der Waals surface area contributed by atoms with Crippen molar-refractivity contribution >= 4 is 17.2 Å². The van der Waals surface area contributed by atoms with E-state index in [2.05, 4.69) is 5.32 Å². The first kappa shape index (κ1) is 17.8. The Morgan fingerprint density at radius 1 is 1.36 bits per heavy atom. The standard InChI is InChI=1S/C16H17F3N2O3S/c1-9-13(14(22)20-10-4-2-3-5-10)25-15(23)21(9)8-11-6-7-12(24-11)16(17,18)19/h6-7,10H,2-5,8H2,1H3,(H,20,22). The van der Waals surface area contributed by atoms with Gasteiger partial charge in [-0.25, -0.2) is 0 Å². The van der Waals surface area contributed by atoms with Gasteiger partial charge in [-0.2, -0.15) is 13.2 Å². The van der Waals surface area contributed by atoms with Crippen LogP contribution in [0.15, 0.2) is 21.3 Å². The monoisotopic (exact) mass is 374 g/mol. The molecule has 9 heteroatoms. The topological polar surface area (TPSA) is 64.2 Å². The molecule has 2 aromatic heterocycles. The number of carbonyl (C=O) groups excluding carboxylic acids is 1. The summed E-state index contributed by atoms with van der Waals surface area (Å²) in [5.41, 5.74) is 0.426. The van der Waals surface area contributed by atoms with Gasteiger partial charge in [0.15, 0.2) is 0 Å². The summed E-state index contributed by atoms with van der Waals surface area (Å²) in [6.45, 7) is 1.46. The highest BCUT2D eigenvalue weighted by molar-refractivity contribution is 7.11. The third-order valence-corrected chi connectivity index (χ3v) is 5.37. The van der Waals surface area contributed by atoms with E-state index < -0.39 is 16.8 Å². The number of carbonyl (C=O) groups is 1. The fourth-order valence-corrected chi connectivity index (χ4v) is 3.86. The van der Waals surface area contributed by atoms with Crippen LogP contribution in [0.3, 0.4) is 0 Å². The van der Waals surface area contributed by atoms with Gasteiger partial charge in [-0.1, -0.05) is 24.2 Å². The number of hydrogen-bond acceptors (Lipinski definition) is 4. The highest BCUT2D eigenvalue weighted by atomic mass is 32.1. The van der Waals surface area contributed by atoms with Gasteiger partial charge >= 0.3 is 11.0 Å². The molecule has 0 aromatic carbocycles. The van der Waals surface area contributed by atoms with Crippen LogP contribution >= 0.6 is 11.3 Å². The quantitative estimate of drug-likeness (QED) is 0.890. The van der Waals surface area contributed by atoms with Crippen molar-refractivity contribution < 1.29 is 22.4 Å². The van der Waals surface area contributed by atoms with Gasteiger partial charge in [0.1, 0.15) is 10.6 Å². The van der Waals surface area contributed by atoms with Crippen LogP contribution in [0.1, 0.15) is 52.6 Å². The average molecular weight is 374 g/mol. The van der Waals surface area contributed by atoms with Crippen LogP contribution in [0.2, 0.25) is 0 Å². The number of alkyl halides is 3. The number of halogens is 3. The SMILES string of the molecule is Cc1c(C(=O)NC2CCCC2)sc(=O)n1Cc1ccc(C(F)(F)F)o1. The number of nitrogens with zero attached hydrogens (tertiary/aromatic N) is 1. The largest absolute Gasteiger partial charge is 0.455 e. The molecular formula is C16H17F3N2O3S. The zero-order chi connectivity index (χ0) is 18.2. The Morgan fingerprint density at radius 3 is 2.64 bits per heavy atom. The first-order valence-electron chi connectivity index (χ1n) is 7.92. The molecule has 25 heavy (non-hydrogen) atoms. The van der Waals surface area contributed by atoms with E-state index in [-0.39, 0.29) is 24.3 Å². The summed E-state index contributed by atoms with van der Waals surface area (Å²) in [7, 11) is 0. The Morgan fingerprint density at radius 2 is 2.04 bits per heavy atom. The molecule has 1 aliphatic rings. The van der Waals surface area contributed by atoms with Crippen LogP contribution in [0.5, 0.6) is 0 Å². The number of thiazole rings is 1. The van der Waals surface area contributed by atoms with E-state index in [1.54, 1.807) is 6.92 Å². The van der Waals surface area contributed by atoms with Gasteiger partial charge in [0.05, 0.1) is 6.54 Å². The van der Waals surface area contributed by atoms with Crippen molar-refractivity contribution in [3.8, 4) is 0 Å². The van der Waals surface area contributed by atoms with Crippen molar-refractivity contribution in [3.63, 3.8) is 0 Å². The molecule has 0 atom stereocenters. The van der Waals surface area contributed by atoms with E-state index >= 15 is 0 Å². The number of amides is 1. The summed E-state index contributed by atoms with van der Waals surface area (Å²) in [5.74, 6) is -1.40. The van der Waals surface area contributed by atoms with E-state index in [1.807, 2.05) is 0 Å². The second-order valence-electron chi connectivity index (χ2n) is 6.09. The molecule has 0 aliphatic heterocycles. The fraction of sp³-hybridized carbons (Fsp3) is 0.500. The lowest BCUT2D eigenvalue weighted by atomic mass is 10.2. The van der Waals surface area contributed by atoms with Crippen molar-refractivity contribution in [3.05, 3.63) is 43.9 Å². The van der Waals surface area contributed by atoms with Gasteiger partial charge in [-0.15, -0.1) is 0 Å². The molecular weight excluding hydrogens is 357 g/mol. The molecule has 0 spiro atoms. The lowest BCUT2D eigenvalue weighted by Crippen LogP contribution is -2.32. The van der Waals surface area contributed by atoms with Crippen molar-refractivity contribution in [2.45, 2.75) is 51.4 Å². The van der Waals surface area contributed by atoms with Gasteiger partial charge < -0.3 is 9.73 Å². The number of aromatic nitrogens is 1. The molecule has 0 unspecified atom stereocenters. The Balaban J connectivity index is 1.78. The molecule has 1 amide bonds. The highest BCUT2D eigenvalue weighted by Gasteiger charge is 2.35. The van der Waals surface area contributed by atoms with Crippen LogP contribution in [0, 0.1) is 6.92 Å². The second-order valence-corrected chi connectivity index (χ2v) is 7.05. The summed E-state index contributed by atoms with van der Waals surface area (Å²) in [5, 5.41) is 2.91. The van der Waals surface area contributed by atoms with E-state index in [4.69, 9.17) is 4.42 Å². The minimum absolute atomic E-state index is 0.0121. The molecule has 0 radical (unpaired) electrons. The van der Waals surface area contributed by atoms with Crippen molar-refractivity contribution in [2.75, 3.05) is 0 Å². The smallest absolute Gasteiger partial charge is 0.449 e. The fourth-order valence-electron chi connectivity index (χ4n) is 2.96. The first-order chi connectivity index (χ1) is 11.8. The van der Waals surface area contributed by atoms with E-state index in [9.17, 15) is 22.8 Å². The van der Waals surface area contributed by atoms with Gasteiger partial charge in [0, 0.05) is 11.7 Å². The Kier molecular flexibility index (Phi) is 4.77. The van der Waals surface area contributed by atoms with Crippen molar-refractivity contribution in [1.29, 1.82) is 0 Å². The van der Waals surface area contributed by atoms with Crippen LogP contribution in [0.25, 0.3) is 0 Å². The van der Waals surface area contributed by atoms with Crippen LogP contribution in [-0.2, 0) is 12.7 Å². The number of hydrogen-bond donors (Lipinski definition) is 1. The van der Waals surface area contributed by atoms with Gasteiger partial charge in [0.25, 0.3) is 5.91 Å². The molecule has 0 saturated heterocycles. The number of rotatable bonds is 4. The van der Waals surface area contributed by atoms with Gasteiger partial charge in [-0.05, 0) is 31.9 Å². The van der Waals surface area contributed by atoms with Crippen LogP contribution in [-0.4, -0.2) is 16.5 Å². The highest BCUT2D eigenvalue weighted by Crippen LogP contribution is 2.31. The molecule has 5 nitrogen and oxygen atoms in total. The van der Waals surface area contributed by atoms with Gasteiger partial charge in [-0.3, -0.25) is 14.2 Å². The molecule has 0 bridgehead atoms. The first-order valence-corrected chi connectivity index (χ1v) is 8.74. The maximum Gasteiger partial charge on any atom is 0.449 e. The average Bonchev–Trinajstić information content (AvgIpc) is 3.24. The third kappa shape index (κ3) is 3.81. The summed E-state index contributed by atoms with van der Waals surface area (Å²) in [6, 6.07) is 2.14. The van der Waals surface area contributed by atoms with E-state index in [0.29, 0.717) is 10.6 Å². The predicted octanol–water partition coefficient (Wildman–Crippen LogP) is 3.55. The molecule has 1 saturated carbocycles. The normalized spacial score (nSPS) is 15.7. The lowest BCUT2D eigenvalue weighted by molar-refractivity contribution is -0.153. The van der Waals surface area contributed by atoms with Crippen LogP contribution < -0.4 is 10.2 Å². The van der Waals surface area contributed by atoms with E-state index in [0.717, 1.165) is 43.1 Å². The zero-order valence-corrected chi connectivity index (χ0v) is 14.3. The predicted molar refractivity (Wildman–Crippen MR) is 85.9 cm³/mol. The Labute approximate surface area is 145 Å². The van der Waals surface area contributed by atoms with Crippen molar-refractivity contribution in [2.24, 2.45) is 0 Å². The molecule has 1 N–H and O–H groups in total. The maximum atomic E-state index is 12.6. The molecule has 136 valence electrons. The van der Waals surface area contributed by atoms with Crippen LogP contribution in [0.4, 0.5) is 13.2 Å². The minimum atomic E-state index is -4.57. The zero-order valence-electron chi connectivity index (χ0n) is 13.5. The number of nitrogens with one attached hydrogen (secondary N) is 1. The summed E-state index contributed by atoms with van der Waals surface area (Å²) in [6.07, 6.45) is -0.582. The van der Waals surface area contributed by atoms with Gasteiger partial charge in [0.2, 0.25) is 5.76 Å². The lowest BCUT2D eigenvalue weighted by Gasteiger charge is -2.11. The van der Waals surface area contributed by atoms with E-state index in [1.165, 1.54) is 10.6 Å². The molecule has 1 aliphatic carbocycles. The molecule has 1 fully saturated rings. The molecule has 2 heterocycles. The summed E-state index contributed by atoms with van der Waals surface area (Å²) in [4.78, 5) is 24.4. The Hall–Kier alpha value is -2.03. The maximum absolute atomic E-state index is 12.6. The molecule has 2 aromatic rings. The summed E-state index contributed by atoms with van der Waals surface area (Å²) < 4.78 is 43.8. The number of furan rings is 1. The minimum Gasteiger partial charge on any atom is -0.455 e.